The lowest BCUT2D eigenvalue weighted by atomic mass is 9.78. The first kappa shape index (κ1) is 27.5. The van der Waals surface area contributed by atoms with Crippen LogP contribution >= 0.6 is 0 Å². The van der Waals surface area contributed by atoms with Gasteiger partial charge < -0.3 is 28.8 Å². The topological polar surface area (TPSA) is 66.4 Å². The molecular formula is C29H50O6. The Bertz CT molecular complexity index is 664. The molecule has 6 nitrogen and oxygen atoms in total. The summed E-state index contributed by atoms with van der Waals surface area (Å²) in [6.45, 7) is 14.8. The van der Waals surface area contributed by atoms with Crippen LogP contribution < -0.4 is 0 Å². The van der Waals surface area contributed by atoms with E-state index in [4.69, 9.17) is 23.7 Å². The number of fused-ring (bicyclic) bond motifs is 1. The maximum atomic E-state index is 11.2. The molecule has 0 aromatic rings. The number of hydrogen-bond donors (Lipinski definition) is 1. The Hall–Kier alpha value is -0.500. The highest BCUT2D eigenvalue weighted by Crippen LogP contribution is 2.41. The zero-order valence-electron chi connectivity index (χ0n) is 22.5. The second kappa shape index (κ2) is 12.8. The number of rotatable bonds is 9. The van der Waals surface area contributed by atoms with Gasteiger partial charge in [-0.3, -0.25) is 0 Å². The van der Waals surface area contributed by atoms with E-state index in [2.05, 4.69) is 34.3 Å². The van der Waals surface area contributed by atoms with Crippen molar-refractivity contribution in [2.24, 2.45) is 17.8 Å². The third-order valence-electron chi connectivity index (χ3n) is 8.88. The van der Waals surface area contributed by atoms with Gasteiger partial charge in [-0.25, -0.2) is 0 Å². The molecule has 0 radical (unpaired) electrons. The van der Waals surface area contributed by atoms with Crippen molar-refractivity contribution in [2.45, 2.75) is 141 Å². The fourth-order valence-corrected chi connectivity index (χ4v) is 6.55. The van der Waals surface area contributed by atoms with E-state index in [9.17, 15) is 5.11 Å². The Morgan fingerprint density at radius 1 is 1.03 bits per heavy atom. The summed E-state index contributed by atoms with van der Waals surface area (Å²) in [4.78, 5) is 0. The molecule has 11 atom stereocenters. The van der Waals surface area contributed by atoms with Crippen molar-refractivity contribution in [1.29, 1.82) is 0 Å². The molecule has 0 bridgehead atoms. The van der Waals surface area contributed by atoms with E-state index in [1.807, 2.05) is 0 Å². The predicted molar refractivity (Wildman–Crippen MR) is 136 cm³/mol. The molecule has 4 heterocycles. The molecule has 6 heteroatoms. The van der Waals surface area contributed by atoms with E-state index < -0.39 is 6.10 Å². The zero-order valence-corrected chi connectivity index (χ0v) is 22.5. The molecule has 0 aliphatic carbocycles. The molecule has 0 amide bonds. The minimum atomic E-state index is -0.553. The Labute approximate surface area is 213 Å². The minimum Gasteiger partial charge on any atom is -0.390 e. The van der Waals surface area contributed by atoms with Gasteiger partial charge in [0.05, 0.1) is 42.7 Å². The molecule has 4 aliphatic heterocycles. The van der Waals surface area contributed by atoms with Gasteiger partial charge in [0.25, 0.3) is 0 Å². The van der Waals surface area contributed by atoms with Gasteiger partial charge in [0.1, 0.15) is 0 Å². The van der Waals surface area contributed by atoms with E-state index in [1.165, 1.54) is 6.42 Å². The smallest absolute Gasteiger partial charge is 0.157 e. The summed E-state index contributed by atoms with van der Waals surface area (Å²) in [7, 11) is 0. The van der Waals surface area contributed by atoms with E-state index >= 15 is 0 Å². The molecule has 0 saturated carbocycles. The fourth-order valence-electron chi connectivity index (χ4n) is 6.55. The molecule has 202 valence electrons. The highest BCUT2D eigenvalue weighted by Gasteiger charge is 2.49. The van der Waals surface area contributed by atoms with E-state index in [1.54, 1.807) is 0 Å². The molecule has 0 spiro atoms. The predicted octanol–water partition coefficient (Wildman–Crippen LogP) is 5.41. The molecule has 4 aliphatic rings. The molecular weight excluding hydrogens is 444 g/mol. The number of hydrogen-bond acceptors (Lipinski definition) is 6. The number of aliphatic hydroxyl groups excluding tert-OH is 1. The van der Waals surface area contributed by atoms with Crippen LogP contribution in [-0.4, -0.2) is 67.3 Å². The van der Waals surface area contributed by atoms with Crippen LogP contribution in [-0.2, 0) is 23.7 Å². The Balaban J connectivity index is 1.28. The first-order chi connectivity index (χ1) is 16.9. The van der Waals surface area contributed by atoms with Gasteiger partial charge in [-0.2, -0.15) is 0 Å². The monoisotopic (exact) mass is 494 g/mol. The first-order valence-electron chi connectivity index (χ1n) is 14.4. The largest absolute Gasteiger partial charge is 0.390 e. The average Bonchev–Trinajstić information content (AvgIpc) is 2.85. The van der Waals surface area contributed by atoms with Crippen molar-refractivity contribution in [3.8, 4) is 0 Å². The Morgan fingerprint density at radius 2 is 1.86 bits per heavy atom. The summed E-state index contributed by atoms with van der Waals surface area (Å²) in [5.41, 5.74) is 1.13. The van der Waals surface area contributed by atoms with E-state index in [0.717, 1.165) is 63.5 Å². The molecule has 4 saturated heterocycles. The third kappa shape index (κ3) is 6.88. The van der Waals surface area contributed by atoms with Crippen molar-refractivity contribution >= 4 is 0 Å². The van der Waals surface area contributed by atoms with Gasteiger partial charge in [0.15, 0.2) is 6.29 Å². The van der Waals surface area contributed by atoms with Crippen LogP contribution in [0.2, 0.25) is 0 Å². The highest BCUT2D eigenvalue weighted by atomic mass is 16.7. The van der Waals surface area contributed by atoms with Crippen LogP contribution in [0.1, 0.15) is 91.9 Å². The van der Waals surface area contributed by atoms with Crippen molar-refractivity contribution in [2.75, 3.05) is 13.2 Å². The first-order valence-corrected chi connectivity index (χ1v) is 14.4. The van der Waals surface area contributed by atoms with Crippen molar-refractivity contribution in [3.63, 3.8) is 0 Å². The summed E-state index contributed by atoms with van der Waals surface area (Å²) in [6.07, 6.45) is 9.71. The van der Waals surface area contributed by atoms with Gasteiger partial charge in [0, 0.05) is 25.6 Å². The summed E-state index contributed by atoms with van der Waals surface area (Å²) < 4.78 is 31.1. The summed E-state index contributed by atoms with van der Waals surface area (Å²) in [5, 5.41) is 11.2. The van der Waals surface area contributed by atoms with Crippen LogP contribution in [0.3, 0.4) is 0 Å². The highest BCUT2D eigenvalue weighted by molar-refractivity contribution is 5.11. The van der Waals surface area contributed by atoms with Crippen molar-refractivity contribution < 1.29 is 28.8 Å². The lowest BCUT2D eigenvalue weighted by molar-refractivity contribution is -0.259. The van der Waals surface area contributed by atoms with Crippen LogP contribution in [0.4, 0.5) is 0 Å². The van der Waals surface area contributed by atoms with Crippen LogP contribution in [0.5, 0.6) is 0 Å². The van der Waals surface area contributed by atoms with Gasteiger partial charge in [-0.15, -0.1) is 0 Å². The molecule has 4 fully saturated rings. The van der Waals surface area contributed by atoms with Gasteiger partial charge in [0.2, 0.25) is 0 Å². The maximum Gasteiger partial charge on any atom is 0.157 e. The van der Waals surface area contributed by atoms with Crippen LogP contribution in [0, 0.1) is 17.8 Å². The second-order valence-corrected chi connectivity index (χ2v) is 11.7. The molecule has 0 aromatic carbocycles. The van der Waals surface area contributed by atoms with Crippen LogP contribution in [0.15, 0.2) is 12.2 Å². The average molecular weight is 495 g/mol. The number of aliphatic hydroxyl groups is 1. The molecule has 35 heavy (non-hydrogen) atoms. The fraction of sp³-hybridized carbons (Fsp3) is 0.931. The maximum absolute atomic E-state index is 11.2. The molecule has 0 aromatic heterocycles. The van der Waals surface area contributed by atoms with E-state index in [0.29, 0.717) is 24.9 Å². The summed E-state index contributed by atoms with van der Waals surface area (Å²) in [6, 6.07) is 0. The third-order valence-corrected chi connectivity index (χ3v) is 8.88. The Kier molecular flexibility index (Phi) is 10.1. The van der Waals surface area contributed by atoms with Gasteiger partial charge in [-0.1, -0.05) is 40.7 Å². The molecule has 1 N–H and O–H groups in total. The van der Waals surface area contributed by atoms with Gasteiger partial charge in [-0.05, 0) is 68.8 Å². The lowest BCUT2D eigenvalue weighted by Gasteiger charge is -2.50. The summed E-state index contributed by atoms with van der Waals surface area (Å²) in [5.74, 6) is 0.931. The second-order valence-electron chi connectivity index (χ2n) is 11.7. The van der Waals surface area contributed by atoms with Crippen LogP contribution in [0.25, 0.3) is 0 Å². The standard InChI is InChI=1S/C29H50O6/c1-6-10-23-19(3)16-26-29(35-23)21(5)28(30)25(34-26)17-24-20(4)18(2)15-22(33-24)11-9-14-32-27-12-7-8-13-31-27/h18-19,21-30H,4,6-17H2,1-3,5H3/t18-,19-,21-,22+,23-,24?,25+,26+,27?,28-,29+/m1/s1. The quantitative estimate of drug-likeness (QED) is 0.342. The van der Waals surface area contributed by atoms with E-state index in [-0.39, 0.29) is 48.8 Å². The number of ether oxygens (including phenoxy) is 5. The lowest BCUT2D eigenvalue weighted by Crippen LogP contribution is -2.59. The minimum absolute atomic E-state index is 0.0238. The van der Waals surface area contributed by atoms with Gasteiger partial charge >= 0.3 is 0 Å². The summed E-state index contributed by atoms with van der Waals surface area (Å²) >= 11 is 0. The molecule has 2 unspecified atom stereocenters. The Morgan fingerprint density at radius 3 is 2.60 bits per heavy atom. The van der Waals surface area contributed by atoms with Crippen molar-refractivity contribution in [3.05, 3.63) is 12.2 Å². The zero-order chi connectivity index (χ0) is 24.9. The SMILES string of the molecule is C=C1C(C[C@@H]2O[C@H]3C[C@@H](C)[C@@H](CCC)O[C@H]3[C@H](C)[C@H]2O)O[C@@H](CCCOC2CCCCO2)C[C@H]1C. The van der Waals surface area contributed by atoms with Crippen molar-refractivity contribution in [1.82, 2.24) is 0 Å². The molecule has 4 rings (SSSR count). The normalized spacial score (nSPS) is 44.7.